The van der Waals surface area contributed by atoms with Crippen LogP contribution in [0.2, 0.25) is 5.02 Å². The van der Waals surface area contributed by atoms with Crippen molar-refractivity contribution < 1.29 is 9.53 Å². The molecule has 0 saturated heterocycles. The minimum atomic E-state index is -0.180. The van der Waals surface area contributed by atoms with Gasteiger partial charge in [-0.05, 0) is 41.8 Å². The number of rotatable bonds is 12. The van der Waals surface area contributed by atoms with Crippen molar-refractivity contribution in [3.8, 4) is 22.8 Å². The number of halogens is 1. The van der Waals surface area contributed by atoms with Crippen molar-refractivity contribution in [3.05, 3.63) is 141 Å². The number of amides is 1. The van der Waals surface area contributed by atoms with E-state index >= 15 is 0 Å². The summed E-state index contributed by atoms with van der Waals surface area (Å²) in [7, 11) is 1.64. The van der Waals surface area contributed by atoms with Crippen LogP contribution in [0.1, 0.15) is 39.0 Å². The Bertz CT molecular complexity index is 1840. The zero-order valence-corrected chi connectivity index (χ0v) is 26.9. The Morgan fingerprint density at radius 3 is 2.29 bits per heavy atom. The molecule has 0 aliphatic heterocycles. The maximum atomic E-state index is 13.1. The molecule has 0 saturated carbocycles. The molecule has 0 spiro atoms. The highest BCUT2D eigenvalue weighted by Gasteiger charge is 2.21. The van der Waals surface area contributed by atoms with Crippen LogP contribution >= 0.6 is 34.7 Å². The number of thiazole rings is 1. The molecule has 1 N–H and O–H groups in total. The fourth-order valence-corrected chi connectivity index (χ4v) is 7.09. The molecule has 6 aromatic rings. The maximum absolute atomic E-state index is 13.1. The molecule has 0 unspecified atom stereocenters. The van der Waals surface area contributed by atoms with Crippen LogP contribution in [0.3, 0.4) is 0 Å². The third kappa shape index (κ3) is 7.12. The second kappa shape index (κ2) is 14.6. The van der Waals surface area contributed by atoms with Crippen molar-refractivity contribution in [2.24, 2.45) is 0 Å². The first kappa shape index (κ1) is 30.6. The summed E-state index contributed by atoms with van der Waals surface area (Å²) in [5.74, 6) is 1.81. The van der Waals surface area contributed by atoms with Crippen LogP contribution in [0.15, 0.2) is 120 Å². The summed E-state index contributed by atoms with van der Waals surface area (Å²) in [6.07, 6.45) is 0.777. The highest BCUT2D eigenvalue weighted by atomic mass is 35.5. The molecule has 226 valence electrons. The van der Waals surface area contributed by atoms with E-state index in [1.165, 1.54) is 34.2 Å². The molecule has 4 aromatic carbocycles. The largest absolute Gasteiger partial charge is 0.495 e. The molecular formula is C35H30ClN5O2S2. The second-order valence-electron chi connectivity index (χ2n) is 10.1. The highest BCUT2D eigenvalue weighted by molar-refractivity contribution is 7.98. The lowest BCUT2D eigenvalue weighted by Gasteiger charge is -2.18. The summed E-state index contributed by atoms with van der Waals surface area (Å²) >= 11 is 9.49. The minimum Gasteiger partial charge on any atom is -0.495 e. The minimum absolute atomic E-state index is 0.180. The first-order valence-corrected chi connectivity index (χ1v) is 16.7. The highest BCUT2D eigenvalue weighted by Crippen LogP contribution is 2.36. The predicted octanol–water partition coefficient (Wildman–Crippen LogP) is 8.30. The first-order chi connectivity index (χ1) is 22.1. The van der Waals surface area contributed by atoms with Crippen LogP contribution in [0, 0.1) is 0 Å². The van der Waals surface area contributed by atoms with Crippen molar-refractivity contribution in [2.75, 3.05) is 13.7 Å². The van der Waals surface area contributed by atoms with Crippen molar-refractivity contribution in [1.29, 1.82) is 0 Å². The summed E-state index contributed by atoms with van der Waals surface area (Å²) in [5.41, 5.74) is 4.43. The van der Waals surface area contributed by atoms with E-state index in [2.05, 4.69) is 69.0 Å². The lowest BCUT2D eigenvalue weighted by molar-refractivity contribution is 0.0948. The van der Waals surface area contributed by atoms with Crippen LogP contribution in [0.4, 0.5) is 0 Å². The molecule has 0 aliphatic carbocycles. The van der Waals surface area contributed by atoms with E-state index in [1.807, 2.05) is 65.2 Å². The number of aromatic nitrogens is 4. The molecule has 0 bridgehead atoms. The Hall–Kier alpha value is -4.44. The Morgan fingerprint density at radius 1 is 0.911 bits per heavy atom. The zero-order valence-electron chi connectivity index (χ0n) is 24.5. The van der Waals surface area contributed by atoms with Crippen LogP contribution in [-0.4, -0.2) is 39.3 Å². The predicted molar refractivity (Wildman–Crippen MR) is 182 cm³/mol. The second-order valence-corrected chi connectivity index (χ2v) is 12.4. The molecule has 0 aliphatic rings. The van der Waals surface area contributed by atoms with Gasteiger partial charge in [-0.1, -0.05) is 108 Å². The van der Waals surface area contributed by atoms with Gasteiger partial charge in [0, 0.05) is 23.4 Å². The van der Waals surface area contributed by atoms with Gasteiger partial charge in [-0.3, -0.25) is 9.36 Å². The molecule has 7 nitrogen and oxygen atoms in total. The van der Waals surface area contributed by atoms with E-state index in [9.17, 15) is 4.79 Å². The van der Waals surface area contributed by atoms with E-state index in [4.69, 9.17) is 16.3 Å². The molecular weight excluding hydrogens is 622 g/mol. The SMILES string of the molecule is COc1ccccc1-n1c(SCc2nc(C(=O)NCCC(c3ccccc3)c3ccccc3)cs2)nnc1-c1ccccc1Cl. The van der Waals surface area contributed by atoms with Gasteiger partial charge < -0.3 is 10.1 Å². The maximum Gasteiger partial charge on any atom is 0.270 e. The number of carbonyl (C=O) groups excluding carboxylic acids is 1. The topological polar surface area (TPSA) is 81.9 Å². The van der Waals surface area contributed by atoms with E-state index < -0.39 is 0 Å². The van der Waals surface area contributed by atoms with E-state index in [1.54, 1.807) is 12.5 Å². The molecule has 2 heterocycles. The number of ether oxygens (including phenoxy) is 1. The molecule has 45 heavy (non-hydrogen) atoms. The van der Waals surface area contributed by atoms with Gasteiger partial charge in [0.15, 0.2) is 11.0 Å². The van der Waals surface area contributed by atoms with Crippen LogP contribution < -0.4 is 10.1 Å². The van der Waals surface area contributed by atoms with Crippen molar-refractivity contribution in [1.82, 2.24) is 25.1 Å². The fourth-order valence-electron chi connectivity index (χ4n) is 5.14. The molecule has 0 fully saturated rings. The Kier molecular flexibility index (Phi) is 9.89. The van der Waals surface area contributed by atoms with E-state index in [0.717, 1.165) is 22.7 Å². The molecule has 0 radical (unpaired) electrons. The lowest BCUT2D eigenvalue weighted by atomic mass is 9.88. The molecule has 2 aromatic heterocycles. The number of hydrogen-bond donors (Lipinski definition) is 1. The Balaban J connectivity index is 1.15. The number of hydrogen-bond acceptors (Lipinski definition) is 7. The average molecular weight is 652 g/mol. The fraction of sp³-hybridized carbons (Fsp3) is 0.143. The molecule has 10 heteroatoms. The van der Waals surface area contributed by atoms with Gasteiger partial charge in [0.05, 0.1) is 23.6 Å². The normalized spacial score (nSPS) is 11.1. The number of methoxy groups -OCH3 is 1. The number of thioether (sulfide) groups is 1. The van der Waals surface area contributed by atoms with Crippen LogP contribution in [0.5, 0.6) is 5.75 Å². The number of para-hydroxylation sites is 2. The smallest absolute Gasteiger partial charge is 0.270 e. The van der Waals surface area contributed by atoms with Crippen LogP contribution in [-0.2, 0) is 5.75 Å². The van der Waals surface area contributed by atoms with Gasteiger partial charge in [0.2, 0.25) is 0 Å². The lowest BCUT2D eigenvalue weighted by Crippen LogP contribution is -2.26. The van der Waals surface area contributed by atoms with Crippen molar-refractivity contribution in [3.63, 3.8) is 0 Å². The van der Waals surface area contributed by atoms with Gasteiger partial charge in [-0.2, -0.15) is 0 Å². The summed E-state index contributed by atoms with van der Waals surface area (Å²) in [6, 6.07) is 36.0. The summed E-state index contributed by atoms with van der Waals surface area (Å²) in [4.78, 5) is 17.7. The van der Waals surface area contributed by atoms with E-state index in [-0.39, 0.29) is 11.8 Å². The summed E-state index contributed by atoms with van der Waals surface area (Å²) < 4.78 is 7.61. The summed E-state index contributed by atoms with van der Waals surface area (Å²) in [5, 5.41) is 15.9. The molecule has 1 amide bonds. The van der Waals surface area contributed by atoms with Gasteiger partial charge >= 0.3 is 0 Å². The first-order valence-electron chi connectivity index (χ1n) is 14.4. The number of benzene rings is 4. The third-order valence-corrected chi connectivity index (χ3v) is 9.61. The number of carbonyl (C=O) groups is 1. The monoisotopic (exact) mass is 651 g/mol. The van der Waals surface area contributed by atoms with Gasteiger partial charge in [0.25, 0.3) is 5.91 Å². The van der Waals surface area contributed by atoms with Gasteiger partial charge in [-0.15, -0.1) is 21.5 Å². The van der Waals surface area contributed by atoms with Crippen molar-refractivity contribution >= 4 is 40.6 Å². The standard InChI is InChI=1S/C35H30ClN5O2S2/c1-43-31-19-11-10-18-30(31)41-33(27-16-8-9-17-28(27)36)39-40-35(41)45-23-32-38-29(22-44-32)34(42)37-21-20-26(24-12-4-2-5-13-24)25-14-6-3-7-15-25/h2-19,22,26H,20-21,23H2,1H3,(H,37,42). The number of nitrogens with one attached hydrogen (secondary N) is 1. The van der Waals surface area contributed by atoms with Gasteiger partial charge in [-0.25, -0.2) is 4.98 Å². The zero-order chi connectivity index (χ0) is 31.0. The Labute approximate surface area is 275 Å². The number of nitrogens with zero attached hydrogens (tertiary/aromatic N) is 4. The summed E-state index contributed by atoms with van der Waals surface area (Å²) in [6.45, 7) is 0.529. The van der Waals surface area contributed by atoms with Gasteiger partial charge in [0.1, 0.15) is 16.5 Å². The average Bonchev–Trinajstić information content (AvgIpc) is 3.74. The third-order valence-electron chi connectivity index (χ3n) is 7.31. The van der Waals surface area contributed by atoms with Crippen molar-refractivity contribution in [2.45, 2.75) is 23.2 Å². The molecule has 6 rings (SSSR count). The van der Waals surface area contributed by atoms with Crippen LogP contribution in [0.25, 0.3) is 17.1 Å². The quantitative estimate of drug-likeness (QED) is 0.134. The van der Waals surface area contributed by atoms with E-state index in [0.29, 0.717) is 39.7 Å². The Morgan fingerprint density at radius 2 is 1.58 bits per heavy atom. The molecule has 0 atom stereocenters.